The van der Waals surface area contributed by atoms with Crippen LogP contribution in [0, 0.1) is 0 Å². The Hall–Kier alpha value is -1.02. The molecule has 1 aliphatic heterocycles. The van der Waals surface area contributed by atoms with Crippen molar-refractivity contribution in [2.75, 3.05) is 18.0 Å². The molecule has 4 rings (SSSR count). The largest absolute Gasteiger partial charge is 0.348 e. The van der Waals surface area contributed by atoms with Crippen LogP contribution in [0.5, 0.6) is 0 Å². The molecule has 0 unspecified atom stereocenters. The topological polar surface area (TPSA) is 50.3 Å². The highest BCUT2D eigenvalue weighted by Gasteiger charge is 2.33. The lowest BCUT2D eigenvalue weighted by molar-refractivity contribution is 0.529. The number of rotatable bonds is 4. The van der Waals surface area contributed by atoms with Gasteiger partial charge in [-0.15, -0.1) is 11.3 Å². The van der Waals surface area contributed by atoms with E-state index in [9.17, 15) is 8.42 Å². The van der Waals surface area contributed by atoms with Gasteiger partial charge in [-0.3, -0.25) is 0 Å². The number of sulfone groups is 1. The molecule has 158 valence electrons. The Balaban J connectivity index is 1.49. The summed E-state index contributed by atoms with van der Waals surface area (Å²) in [6.45, 7) is 1.18. The molecule has 0 aliphatic carbocycles. The summed E-state index contributed by atoms with van der Waals surface area (Å²) in [5.41, 5.74) is 1.64. The van der Waals surface area contributed by atoms with Gasteiger partial charge in [0.25, 0.3) is 0 Å². The van der Waals surface area contributed by atoms with E-state index in [2.05, 4.69) is 4.90 Å². The Morgan fingerprint density at radius 2 is 1.60 bits per heavy atom. The van der Waals surface area contributed by atoms with Gasteiger partial charge < -0.3 is 4.90 Å². The number of piperidine rings is 1. The predicted octanol–water partition coefficient (Wildman–Crippen LogP) is 6.87. The van der Waals surface area contributed by atoms with Crippen LogP contribution in [-0.2, 0) is 9.84 Å². The summed E-state index contributed by atoms with van der Waals surface area (Å²) in [6, 6.07) is 9.84. The van der Waals surface area contributed by atoms with Crippen LogP contribution in [0.3, 0.4) is 0 Å². The quantitative estimate of drug-likeness (QED) is 0.376. The van der Waals surface area contributed by atoms with E-state index in [-0.39, 0.29) is 9.92 Å². The fourth-order valence-electron chi connectivity index (χ4n) is 3.48. The molecule has 10 heteroatoms. The molecule has 0 atom stereocenters. The predicted molar refractivity (Wildman–Crippen MR) is 126 cm³/mol. The monoisotopic (exact) mass is 520 g/mol. The molecule has 1 fully saturated rings. The first-order valence-electron chi connectivity index (χ1n) is 9.10. The van der Waals surface area contributed by atoms with Crippen LogP contribution < -0.4 is 4.90 Å². The minimum atomic E-state index is -3.56. The maximum atomic E-state index is 13.1. The summed E-state index contributed by atoms with van der Waals surface area (Å²) >= 11 is 25.8. The summed E-state index contributed by atoms with van der Waals surface area (Å²) < 4.78 is 26.1. The fourth-order valence-corrected chi connectivity index (χ4v) is 7.39. The zero-order valence-electron chi connectivity index (χ0n) is 15.5. The van der Waals surface area contributed by atoms with Gasteiger partial charge in [0.15, 0.2) is 15.0 Å². The van der Waals surface area contributed by atoms with Crippen LogP contribution in [-0.4, -0.2) is 31.7 Å². The normalized spacial score (nSPS) is 15.5. The number of aromatic nitrogens is 1. The molecule has 0 spiro atoms. The number of benzene rings is 2. The molecule has 1 aliphatic rings. The Bertz CT molecular complexity index is 1170. The van der Waals surface area contributed by atoms with Crippen molar-refractivity contribution in [1.29, 1.82) is 0 Å². The second kappa shape index (κ2) is 8.85. The Labute approximate surface area is 199 Å². The van der Waals surface area contributed by atoms with Gasteiger partial charge in [0, 0.05) is 39.1 Å². The maximum Gasteiger partial charge on any atom is 0.185 e. The van der Waals surface area contributed by atoms with Crippen LogP contribution in [0.4, 0.5) is 5.13 Å². The van der Waals surface area contributed by atoms with E-state index >= 15 is 0 Å². The molecule has 1 aromatic heterocycles. The van der Waals surface area contributed by atoms with Crippen molar-refractivity contribution in [1.82, 2.24) is 4.98 Å². The van der Waals surface area contributed by atoms with E-state index in [0.29, 0.717) is 41.0 Å². The number of halogens is 4. The standard InChI is InChI=1S/C20H16Cl4N2O2S2/c21-13-1-2-17(24)19(10-13)30(27,28)16-3-5-26(6-4-16)20-25-18(11-29-20)12-7-14(22)9-15(23)8-12/h1-2,7-11,16H,3-6H2. The van der Waals surface area contributed by atoms with Crippen molar-refractivity contribution in [2.45, 2.75) is 23.0 Å². The number of anilines is 1. The van der Waals surface area contributed by atoms with Crippen LogP contribution in [0.1, 0.15) is 12.8 Å². The number of nitrogens with zero attached hydrogens (tertiary/aromatic N) is 2. The molecule has 0 bridgehead atoms. The van der Waals surface area contributed by atoms with E-state index in [1.807, 2.05) is 17.5 Å². The van der Waals surface area contributed by atoms with Crippen molar-refractivity contribution in [2.24, 2.45) is 0 Å². The van der Waals surface area contributed by atoms with E-state index in [0.717, 1.165) is 16.4 Å². The van der Waals surface area contributed by atoms with Gasteiger partial charge in [0.05, 0.1) is 20.9 Å². The van der Waals surface area contributed by atoms with Gasteiger partial charge in [0.1, 0.15) is 0 Å². The maximum absolute atomic E-state index is 13.1. The van der Waals surface area contributed by atoms with Crippen LogP contribution in [0.15, 0.2) is 46.7 Å². The highest BCUT2D eigenvalue weighted by Crippen LogP contribution is 2.35. The number of thiazole rings is 1. The lowest BCUT2D eigenvalue weighted by atomic mass is 10.1. The molecular weight excluding hydrogens is 506 g/mol. The average molecular weight is 522 g/mol. The first-order chi connectivity index (χ1) is 14.2. The first-order valence-corrected chi connectivity index (χ1v) is 13.0. The summed E-state index contributed by atoms with van der Waals surface area (Å²) in [5, 5.41) is 3.95. The third-order valence-electron chi connectivity index (χ3n) is 5.00. The van der Waals surface area contributed by atoms with Gasteiger partial charge in [-0.2, -0.15) is 0 Å². The fraction of sp³-hybridized carbons (Fsp3) is 0.250. The Morgan fingerprint density at radius 3 is 2.27 bits per heavy atom. The van der Waals surface area contributed by atoms with Gasteiger partial charge in [0.2, 0.25) is 0 Å². The SMILES string of the molecule is O=S(=O)(c1cc(Cl)ccc1Cl)C1CCN(c2nc(-c3cc(Cl)cc(Cl)c3)cs2)CC1. The smallest absolute Gasteiger partial charge is 0.185 e. The highest BCUT2D eigenvalue weighted by molar-refractivity contribution is 7.92. The van der Waals surface area contributed by atoms with Gasteiger partial charge in [-0.1, -0.05) is 46.4 Å². The molecule has 0 amide bonds. The molecule has 30 heavy (non-hydrogen) atoms. The van der Waals surface area contributed by atoms with Crippen molar-refractivity contribution < 1.29 is 8.42 Å². The molecule has 0 radical (unpaired) electrons. The van der Waals surface area contributed by atoms with E-state index in [1.54, 1.807) is 12.1 Å². The molecule has 2 heterocycles. The van der Waals surface area contributed by atoms with Crippen LogP contribution >= 0.6 is 57.7 Å². The summed E-state index contributed by atoms with van der Waals surface area (Å²) in [4.78, 5) is 6.90. The van der Waals surface area contributed by atoms with E-state index in [4.69, 9.17) is 51.4 Å². The van der Waals surface area contributed by atoms with Crippen molar-refractivity contribution >= 4 is 72.7 Å². The minimum absolute atomic E-state index is 0.101. The molecule has 0 N–H and O–H groups in total. The summed E-state index contributed by atoms with van der Waals surface area (Å²) in [6.07, 6.45) is 0.978. The first kappa shape index (κ1) is 22.2. The van der Waals surface area contributed by atoms with Crippen LogP contribution in [0.25, 0.3) is 11.3 Å². The molecule has 0 saturated carbocycles. The van der Waals surface area contributed by atoms with Gasteiger partial charge in [-0.05, 0) is 49.2 Å². The lowest BCUT2D eigenvalue weighted by Gasteiger charge is -2.31. The number of hydrogen-bond donors (Lipinski definition) is 0. The van der Waals surface area contributed by atoms with E-state index in [1.165, 1.54) is 23.5 Å². The Morgan fingerprint density at radius 1 is 0.933 bits per heavy atom. The second-order valence-electron chi connectivity index (χ2n) is 6.98. The van der Waals surface area contributed by atoms with E-state index < -0.39 is 15.1 Å². The third kappa shape index (κ3) is 4.59. The summed E-state index contributed by atoms with van der Waals surface area (Å²) in [5.74, 6) is 0. The third-order valence-corrected chi connectivity index (χ3v) is 9.32. The van der Waals surface area contributed by atoms with Crippen molar-refractivity contribution in [3.63, 3.8) is 0 Å². The molecule has 2 aromatic carbocycles. The molecule has 4 nitrogen and oxygen atoms in total. The molecule has 3 aromatic rings. The minimum Gasteiger partial charge on any atom is -0.348 e. The second-order valence-corrected chi connectivity index (χ2v) is 11.7. The van der Waals surface area contributed by atoms with Crippen molar-refractivity contribution in [3.8, 4) is 11.3 Å². The highest BCUT2D eigenvalue weighted by atomic mass is 35.5. The summed E-state index contributed by atoms with van der Waals surface area (Å²) in [7, 11) is -3.56. The lowest BCUT2D eigenvalue weighted by Crippen LogP contribution is -2.39. The Kier molecular flexibility index (Phi) is 6.54. The van der Waals surface area contributed by atoms with Gasteiger partial charge >= 0.3 is 0 Å². The van der Waals surface area contributed by atoms with Crippen LogP contribution in [0.2, 0.25) is 20.1 Å². The van der Waals surface area contributed by atoms with Gasteiger partial charge in [-0.25, -0.2) is 13.4 Å². The number of hydrogen-bond acceptors (Lipinski definition) is 5. The zero-order valence-corrected chi connectivity index (χ0v) is 20.1. The van der Waals surface area contributed by atoms with Crippen molar-refractivity contribution in [3.05, 3.63) is 61.9 Å². The molecular formula is C20H16Cl4N2O2S2. The zero-order chi connectivity index (χ0) is 21.5. The molecule has 1 saturated heterocycles. The average Bonchev–Trinajstić information content (AvgIpc) is 3.19.